The zero-order chi connectivity index (χ0) is 16.3. The first-order valence-corrected chi connectivity index (χ1v) is 7.49. The molecule has 1 atom stereocenters. The van der Waals surface area contributed by atoms with Crippen LogP contribution in [-0.4, -0.2) is 20.8 Å². The fourth-order valence-corrected chi connectivity index (χ4v) is 2.51. The van der Waals surface area contributed by atoms with Crippen LogP contribution in [0.4, 0.5) is 13.2 Å². The van der Waals surface area contributed by atoms with Crippen molar-refractivity contribution in [1.82, 2.24) is 0 Å². The molecule has 0 aliphatic carbocycles. The summed E-state index contributed by atoms with van der Waals surface area (Å²) in [6, 6.07) is 4.51. The second kappa shape index (κ2) is 6.32. The van der Waals surface area contributed by atoms with Gasteiger partial charge in [0.05, 0.1) is 29.6 Å². The van der Waals surface area contributed by atoms with E-state index in [0.717, 1.165) is 6.07 Å². The standard InChI is InChI=1S/C12H13F3N2O3S/c1-8(7-21(17,18)19)6-20-11-3-2-9(5-16)4-10(11)12(13,14)15/h2-4,8H,6-7H2,1H3,(H2,17,18,19). The fraction of sp³-hybridized carbons (Fsp3) is 0.417. The van der Waals surface area contributed by atoms with Gasteiger partial charge < -0.3 is 4.74 Å². The number of nitriles is 1. The first-order chi connectivity index (χ1) is 9.53. The zero-order valence-corrected chi connectivity index (χ0v) is 11.8. The molecule has 116 valence electrons. The minimum absolute atomic E-state index is 0.146. The van der Waals surface area contributed by atoms with Gasteiger partial charge in [0, 0.05) is 5.92 Å². The highest BCUT2D eigenvalue weighted by molar-refractivity contribution is 7.89. The maximum Gasteiger partial charge on any atom is 0.420 e. The van der Waals surface area contributed by atoms with Gasteiger partial charge in [-0.2, -0.15) is 18.4 Å². The van der Waals surface area contributed by atoms with Crippen LogP contribution in [0.1, 0.15) is 18.1 Å². The molecule has 1 aromatic rings. The Labute approximate surface area is 120 Å². The van der Waals surface area contributed by atoms with Crippen LogP contribution in [0.5, 0.6) is 5.75 Å². The number of benzene rings is 1. The van der Waals surface area contributed by atoms with E-state index in [1.54, 1.807) is 6.07 Å². The summed E-state index contributed by atoms with van der Waals surface area (Å²) in [5.74, 6) is -1.43. The van der Waals surface area contributed by atoms with E-state index >= 15 is 0 Å². The van der Waals surface area contributed by atoms with Crippen molar-refractivity contribution in [1.29, 1.82) is 5.26 Å². The number of sulfonamides is 1. The number of nitrogens with two attached hydrogens (primary N) is 1. The summed E-state index contributed by atoms with van der Waals surface area (Å²) in [5, 5.41) is 13.5. The molecule has 0 aromatic heterocycles. The average molecular weight is 322 g/mol. The third-order valence-corrected chi connectivity index (χ3v) is 3.49. The summed E-state index contributed by atoms with van der Waals surface area (Å²) in [6.07, 6.45) is -4.68. The van der Waals surface area contributed by atoms with Gasteiger partial charge in [0.1, 0.15) is 5.75 Å². The molecule has 9 heteroatoms. The SMILES string of the molecule is CC(COc1ccc(C#N)cc1C(F)(F)F)CS(N)(=O)=O. The van der Waals surface area contributed by atoms with Crippen molar-refractivity contribution >= 4 is 10.0 Å². The Morgan fingerprint density at radius 3 is 2.52 bits per heavy atom. The van der Waals surface area contributed by atoms with E-state index in [1.165, 1.54) is 13.0 Å². The number of ether oxygens (including phenoxy) is 1. The lowest BCUT2D eigenvalue weighted by molar-refractivity contribution is -0.139. The molecule has 1 aromatic carbocycles. The molecule has 0 amide bonds. The number of alkyl halides is 3. The molecule has 1 rings (SSSR count). The topological polar surface area (TPSA) is 93.2 Å². The molecule has 0 saturated heterocycles. The van der Waals surface area contributed by atoms with Crippen molar-refractivity contribution in [2.24, 2.45) is 11.1 Å². The van der Waals surface area contributed by atoms with Crippen LogP contribution in [0.2, 0.25) is 0 Å². The molecule has 0 heterocycles. The largest absolute Gasteiger partial charge is 0.493 e. The summed E-state index contributed by atoms with van der Waals surface area (Å²) in [4.78, 5) is 0. The van der Waals surface area contributed by atoms with E-state index in [4.69, 9.17) is 15.1 Å². The summed E-state index contributed by atoms with van der Waals surface area (Å²) < 4.78 is 65.3. The molecule has 0 aliphatic heterocycles. The van der Waals surface area contributed by atoms with Gasteiger partial charge in [-0.05, 0) is 18.2 Å². The van der Waals surface area contributed by atoms with Gasteiger partial charge in [0.25, 0.3) is 0 Å². The van der Waals surface area contributed by atoms with Crippen LogP contribution in [0.3, 0.4) is 0 Å². The van der Waals surface area contributed by atoms with Gasteiger partial charge in [-0.25, -0.2) is 13.6 Å². The van der Waals surface area contributed by atoms with Crippen LogP contribution >= 0.6 is 0 Å². The molecule has 2 N–H and O–H groups in total. The van der Waals surface area contributed by atoms with Gasteiger partial charge in [0.2, 0.25) is 10.0 Å². The molecule has 0 fully saturated rings. The number of rotatable bonds is 5. The predicted octanol–water partition coefficient (Wildman–Crippen LogP) is 1.88. The Hall–Kier alpha value is -1.79. The third-order valence-electron chi connectivity index (χ3n) is 2.45. The Morgan fingerprint density at radius 2 is 2.05 bits per heavy atom. The van der Waals surface area contributed by atoms with E-state index in [2.05, 4.69) is 0 Å². The first kappa shape index (κ1) is 17.3. The Balaban J connectivity index is 2.91. The van der Waals surface area contributed by atoms with Crippen molar-refractivity contribution in [2.45, 2.75) is 13.1 Å². The van der Waals surface area contributed by atoms with Gasteiger partial charge in [-0.3, -0.25) is 0 Å². The van der Waals surface area contributed by atoms with E-state index in [-0.39, 0.29) is 12.2 Å². The lowest BCUT2D eigenvalue weighted by Crippen LogP contribution is -2.25. The van der Waals surface area contributed by atoms with Crippen molar-refractivity contribution in [3.05, 3.63) is 29.3 Å². The van der Waals surface area contributed by atoms with E-state index in [9.17, 15) is 21.6 Å². The minimum atomic E-state index is -4.68. The fourth-order valence-electron chi connectivity index (χ4n) is 1.62. The summed E-state index contributed by atoms with van der Waals surface area (Å²) in [7, 11) is -3.72. The first-order valence-electron chi connectivity index (χ1n) is 5.77. The average Bonchev–Trinajstić information content (AvgIpc) is 2.33. The second-order valence-corrected chi connectivity index (χ2v) is 6.23. The number of primary sulfonamides is 1. The Kier molecular flexibility index (Phi) is 5.20. The van der Waals surface area contributed by atoms with Crippen LogP contribution in [-0.2, 0) is 16.2 Å². The molecule has 5 nitrogen and oxygen atoms in total. The lowest BCUT2D eigenvalue weighted by Gasteiger charge is -2.16. The quantitative estimate of drug-likeness (QED) is 0.895. The van der Waals surface area contributed by atoms with Crippen LogP contribution in [0.15, 0.2) is 18.2 Å². The van der Waals surface area contributed by atoms with Crippen molar-refractivity contribution < 1.29 is 26.3 Å². The minimum Gasteiger partial charge on any atom is -0.493 e. The summed E-state index contributed by atoms with van der Waals surface area (Å²) in [5.41, 5.74) is -1.23. The molecule has 0 spiro atoms. The molecule has 21 heavy (non-hydrogen) atoms. The van der Waals surface area contributed by atoms with E-state index < -0.39 is 39.2 Å². The van der Waals surface area contributed by atoms with Crippen LogP contribution in [0, 0.1) is 17.2 Å². The van der Waals surface area contributed by atoms with Crippen LogP contribution in [0.25, 0.3) is 0 Å². The van der Waals surface area contributed by atoms with Gasteiger partial charge in [-0.15, -0.1) is 0 Å². The monoisotopic (exact) mass is 322 g/mol. The molecule has 0 aliphatic rings. The molecular weight excluding hydrogens is 309 g/mol. The molecule has 0 radical (unpaired) electrons. The van der Waals surface area contributed by atoms with E-state index in [0.29, 0.717) is 6.07 Å². The van der Waals surface area contributed by atoms with Gasteiger partial charge in [-0.1, -0.05) is 6.92 Å². The van der Waals surface area contributed by atoms with Crippen molar-refractivity contribution in [3.8, 4) is 11.8 Å². The maximum absolute atomic E-state index is 12.9. The predicted molar refractivity (Wildman–Crippen MR) is 68.8 cm³/mol. The lowest BCUT2D eigenvalue weighted by atomic mass is 10.1. The number of halogens is 3. The Bertz CT molecular complexity index is 651. The van der Waals surface area contributed by atoms with Crippen molar-refractivity contribution in [3.63, 3.8) is 0 Å². The van der Waals surface area contributed by atoms with Crippen molar-refractivity contribution in [2.75, 3.05) is 12.4 Å². The second-order valence-electron chi connectivity index (χ2n) is 4.57. The summed E-state index contributed by atoms with van der Waals surface area (Å²) >= 11 is 0. The molecular formula is C12H13F3N2O3S. The van der Waals surface area contributed by atoms with Gasteiger partial charge in [0.15, 0.2) is 0 Å². The zero-order valence-electron chi connectivity index (χ0n) is 11.0. The molecule has 0 bridgehead atoms. The number of nitrogens with zero attached hydrogens (tertiary/aromatic N) is 1. The highest BCUT2D eigenvalue weighted by Gasteiger charge is 2.34. The van der Waals surface area contributed by atoms with E-state index in [1.807, 2.05) is 0 Å². The highest BCUT2D eigenvalue weighted by atomic mass is 32.2. The molecule has 0 saturated carbocycles. The molecule has 1 unspecified atom stereocenters. The third kappa shape index (κ3) is 5.61. The highest BCUT2D eigenvalue weighted by Crippen LogP contribution is 2.36. The van der Waals surface area contributed by atoms with Gasteiger partial charge >= 0.3 is 6.18 Å². The maximum atomic E-state index is 12.9. The number of hydrogen-bond donors (Lipinski definition) is 1. The Morgan fingerprint density at radius 1 is 1.43 bits per heavy atom. The van der Waals surface area contributed by atoms with Crippen LogP contribution < -0.4 is 9.88 Å². The summed E-state index contributed by atoms with van der Waals surface area (Å²) in [6.45, 7) is 1.24. The number of hydrogen-bond acceptors (Lipinski definition) is 4. The normalized spacial score (nSPS) is 13.5. The smallest absolute Gasteiger partial charge is 0.420 e.